The summed E-state index contributed by atoms with van der Waals surface area (Å²) in [5, 5.41) is 0. The van der Waals surface area contributed by atoms with Gasteiger partial charge in [0.05, 0.1) is 20.4 Å². The summed E-state index contributed by atoms with van der Waals surface area (Å²) in [5.74, 6) is 1.80. The molecule has 0 spiro atoms. The number of aromatic nitrogens is 2. The lowest BCUT2D eigenvalue weighted by molar-refractivity contribution is 0.0601. The second-order valence-corrected chi connectivity index (χ2v) is 6.39. The Hall–Kier alpha value is -3.03. The zero-order chi connectivity index (χ0) is 19.4. The Kier molecular flexibility index (Phi) is 5.63. The van der Waals surface area contributed by atoms with Crippen molar-refractivity contribution in [2.24, 2.45) is 0 Å². The molecule has 0 atom stereocenters. The van der Waals surface area contributed by atoms with Crippen molar-refractivity contribution in [3.8, 4) is 11.6 Å². The zero-order valence-corrected chi connectivity index (χ0v) is 15.8. The summed E-state index contributed by atoms with van der Waals surface area (Å²) >= 11 is 0. The molecular formula is C19H24N4O4. The summed E-state index contributed by atoms with van der Waals surface area (Å²) in [5.41, 5.74) is 7.13. The van der Waals surface area contributed by atoms with Gasteiger partial charge < -0.3 is 24.8 Å². The average molecular weight is 372 g/mol. The first-order chi connectivity index (χ1) is 13.0. The maximum atomic E-state index is 11.7. The lowest BCUT2D eigenvalue weighted by atomic mass is 10.1. The Morgan fingerprint density at radius 1 is 1.26 bits per heavy atom. The Bertz CT molecular complexity index is 802. The van der Waals surface area contributed by atoms with E-state index >= 15 is 0 Å². The number of esters is 1. The number of nitrogen functional groups attached to an aromatic ring is 1. The largest absolute Gasteiger partial charge is 0.489 e. The maximum absolute atomic E-state index is 11.7. The van der Waals surface area contributed by atoms with Crippen LogP contribution in [0.15, 0.2) is 24.4 Å². The first-order valence-electron chi connectivity index (χ1n) is 8.79. The molecule has 0 amide bonds. The molecular weight excluding hydrogens is 348 g/mol. The minimum absolute atomic E-state index is 0.114. The number of hydrogen-bond donors (Lipinski definition) is 1. The van der Waals surface area contributed by atoms with E-state index in [9.17, 15) is 4.79 Å². The lowest BCUT2D eigenvalue weighted by Crippen LogP contribution is -2.39. The van der Waals surface area contributed by atoms with Crippen molar-refractivity contribution in [1.82, 2.24) is 9.97 Å². The van der Waals surface area contributed by atoms with Crippen LogP contribution in [0, 0.1) is 6.92 Å². The quantitative estimate of drug-likeness (QED) is 0.798. The molecule has 1 fully saturated rings. The van der Waals surface area contributed by atoms with Crippen molar-refractivity contribution >= 4 is 17.6 Å². The second-order valence-electron chi connectivity index (χ2n) is 6.39. The number of rotatable bonds is 5. The summed E-state index contributed by atoms with van der Waals surface area (Å²) in [6, 6.07) is 5.37. The molecule has 0 radical (unpaired) electrons. The van der Waals surface area contributed by atoms with Gasteiger partial charge in [0.2, 0.25) is 5.88 Å². The number of carbonyl (C=O) groups is 1. The molecule has 3 rings (SSSR count). The third-order valence-corrected chi connectivity index (χ3v) is 4.58. The van der Waals surface area contributed by atoms with Gasteiger partial charge in [0.25, 0.3) is 0 Å². The van der Waals surface area contributed by atoms with Crippen molar-refractivity contribution in [3.05, 3.63) is 35.5 Å². The molecule has 0 unspecified atom stereocenters. The van der Waals surface area contributed by atoms with E-state index in [0.29, 0.717) is 11.4 Å². The van der Waals surface area contributed by atoms with Gasteiger partial charge in [-0.05, 0) is 24.6 Å². The van der Waals surface area contributed by atoms with E-state index in [1.165, 1.54) is 7.11 Å². The molecule has 1 aliphatic rings. The minimum Gasteiger partial charge on any atom is -0.489 e. The second kappa shape index (κ2) is 8.11. The number of methoxy groups -OCH3 is 2. The van der Waals surface area contributed by atoms with E-state index in [2.05, 4.69) is 14.9 Å². The van der Waals surface area contributed by atoms with Gasteiger partial charge in [0, 0.05) is 32.0 Å². The van der Waals surface area contributed by atoms with Crippen LogP contribution in [0.25, 0.3) is 0 Å². The fraction of sp³-hybridized carbons (Fsp3) is 0.421. The first-order valence-corrected chi connectivity index (χ1v) is 8.79. The molecule has 144 valence electrons. The molecule has 8 heteroatoms. The van der Waals surface area contributed by atoms with Gasteiger partial charge >= 0.3 is 5.97 Å². The van der Waals surface area contributed by atoms with Crippen LogP contribution in [-0.4, -0.2) is 49.4 Å². The Morgan fingerprint density at radius 3 is 2.59 bits per heavy atom. The highest BCUT2D eigenvalue weighted by molar-refractivity contribution is 5.94. The van der Waals surface area contributed by atoms with Gasteiger partial charge in [-0.25, -0.2) is 14.8 Å². The van der Waals surface area contributed by atoms with Gasteiger partial charge in [-0.1, -0.05) is 0 Å². The van der Waals surface area contributed by atoms with Crippen LogP contribution in [0.3, 0.4) is 0 Å². The van der Waals surface area contributed by atoms with Crippen LogP contribution in [0.1, 0.15) is 28.8 Å². The standard InChI is InChI=1S/C19H24N4O4/c1-12-10-15(19(24)26-3)17(20)22-18(12)23-8-6-13(7-9-23)27-14-4-5-16(25-2)21-11-14/h4-5,10-11,13H,6-9H2,1-3H3,(H2,20,22). The van der Waals surface area contributed by atoms with Crippen LogP contribution < -0.4 is 20.1 Å². The van der Waals surface area contributed by atoms with Crippen LogP contribution >= 0.6 is 0 Å². The highest BCUT2D eigenvalue weighted by Gasteiger charge is 2.24. The van der Waals surface area contributed by atoms with Gasteiger partial charge in [-0.15, -0.1) is 0 Å². The molecule has 0 aromatic carbocycles. The van der Waals surface area contributed by atoms with Gasteiger partial charge in [-0.3, -0.25) is 0 Å². The Balaban J connectivity index is 1.63. The first kappa shape index (κ1) is 18.8. The Morgan fingerprint density at radius 2 is 2.00 bits per heavy atom. The molecule has 1 aliphatic heterocycles. The topological polar surface area (TPSA) is 99.8 Å². The van der Waals surface area contributed by atoms with Gasteiger partial charge in [0.15, 0.2) is 0 Å². The van der Waals surface area contributed by atoms with E-state index in [-0.39, 0.29) is 11.9 Å². The van der Waals surface area contributed by atoms with Crippen LogP contribution in [0.4, 0.5) is 11.6 Å². The molecule has 2 aromatic heterocycles. The summed E-state index contributed by atoms with van der Waals surface area (Å²) in [4.78, 5) is 22.5. The molecule has 0 aliphatic carbocycles. The summed E-state index contributed by atoms with van der Waals surface area (Å²) in [6.45, 7) is 3.50. The Labute approximate surface area is 158 Å². The predicted molar refractivity (Wildman–Crippen MR) is 101 cm³/mol. The average Bonchev–Trinajstić information content (AvgIpc) is 2.70. The third kappa shape index (κ3) is 4.21. The number of pyridine rings is 2. The molecule has 2 N–H and O–H groups in total. The van der Waals surface area contributed by atoms with Crippen molar-refractivity contribution in [2.45, 2.75) is 25.9 Å². The molecule has 3 heterocycles. The monoisotopic (exact) mass is 372 g/mol. The van der Waals surface area contributed by atoms with Crippen LogP contribution in [0.2, 0.25) is 0 Å². The zero-order valence-electron chi connectivity index (χ0n) is 15.8. The van der Waals surface area contributed by atoms with E-state index in [1.807, 2.05) is 13.0 Å². The number of piperidine rings is 1. The summed E-state index contributed by atoms with van der Waals surface area (Å²) in [6.07, 6.45) is 3.49. The number of carbonyl (C=O) groups excluding carboxylic acids is 1. The van der Waals surface area contributed by atoms with Crippen molar-refractivity contribution < 1.29 is 19.0 Å². The molecule has 27 heavy (non-hydrogen) atoms. The van der Waals surface area contributed by atoms with Crippen molar-refractivity contribution in [1.29, 1.82) is 0 Å². The van der Waals surface area contributed by atoms with Gasteiger partial charge in [-0.2, -0.15) is 0 Å². The number of nitrogens with zero attached hydrogens (tertiary/aromatic N) is 3. The fourth-order valence-corrected chi connectivity index (χ4v) is 3.15. The van der Waals surface area contributed by atoms with Crippen molar-refractivity contribution in [3.63, 3.8) is 0 Å². The molecule has 1 saturated heterocycles. The van der Waals surface area contributed by atoms with E-state index in [1.54, 1.807) is 25.4 Å². The molecule has 8 nitrogen and oxygen atoms in total. The molecule has 0 bridgehead atoms. The van der Waals surface area contributed by atoms with E-state index in [4.69, 9.17) is 19.9 Å². The van der Waals surface area contributed by atoms with Crippen LogP contribution in [0.5, 0.6) is 11.6 Å². The predicted octanol–water partition coefficient (Wildman–Crippen LogP) is 2.21. The number of nitrogens with two attached hydrogens (primary N) is 1. The summed E-state index contributed by atoms with van der Waals surface area (Å²) in [7, 11) is 2.91. The summed E-state index contributed by atoms with van der Waals surface area (Å²) < 4.78 is 15.8. The molecule has 0 saturated carbocycles. The number of aryl methyl sites for hydroxylation is 1. The fourth-order valence-electron chi connectivity index (χ4n) is 3.15. The highest BCUT2D eigenvalue weighted by Crippen LogP contribution is 2.27. The van der Waals surface area contributed by atoms with Gasteiger partial charge in [0.1, 0.15) is 29.1 Å². The highest BCUT2D eigenvalue weighted by atomic mass is 16.5. The number of hydrogen-bond acceptors (Lipinski definition) is 8. The normalized spacial score (nSPS) is 14.7. The van der Waals surface area contributed by atoms with Crippen molar-refractivity contribution in [2.75, 3.05) is 37.9 Å². The smallest absolute Gasteiger partial charge is 0.341 e. The van der Waals surface area contributed by atoms with E-state index < -0.39 is 5.97 Å². The SMILES string of the molecule is COC(=O)c1cc(C)c(N2CCC(Oc3ccc(OC)nc3)CC2)nc1N. The molecule has 2 aromatic rings. The lowest BCUT2D eigenvalue weighted by Gasteiger charge is -2.33. The van der Waals surface area contributed by atoms with E-state index in [0.717, 1.165) is 43.1 Å². The minimum atomic E-state index is -0.477. The van der Waals surface area contributed by atoms with Crippen LogP contribution in [-0.2, 0) is 4.74 Å². The number of anilines is 2. The third-order valence-electron chi connectivity index (χ3n) is 4.58. The maximum Gasteiger partial charge on any atom is 0.341 e. The number of ether oxygens (including phenoxy) is 3.